The zero-order valence-electron chi connectivity index (χ0n) is 12.1. The molecule has 0 saturated heterocycles. The Kier molecular flexibility index (Phi) is 3.60. The van der Waals surface area contributed by atoms with E-state index in [1.54, 1.807) is 12.1 Å². The highest BCUT2D eigenvalue weighted by molar-refractivity contribution is 6.04. The number of nitrogen functional groups attached to an aromatic ring is 1. The molecule has 4 nitrogen and oxygen atoms in total. The number of pyridine rings is 1. The fourth-order valence-corrected chi connectivity index (χ4v) is 2.78. The van der Waals surface area contributed by atoms with Crippen molar-refractivity contribution in [1.29, 1.82) is 0 Å². The molecule has 1 aromatic heterocycles. The molecule has 0 atom stereocenters. The molecule has 0 spiro atoms. The van der Waals surface area contributed by atoms with E-state index in [-0.39, 0.29) is 5.91 Å². The van der Waals surface area contributed by atoms with Gasteiger partial charge in [0.2, 0.25) is 0 Å². The summed E-state index contributed by atoms with van der Waals surface area (Å²) >= 11 is 0. The van der Waals surface area contributed by atoms with Crippen LogP contribution in [0, 0.1) is 0 Å². The number of anilines is 2. The van der Waals surface area contributed by atoms with Gasteiger partial charge in [0.1, 0.15) is 5.82 Å². The molecule has 2 aromatic rings. The third-order valence-electron chi connectivity index (χ3n) is 3.88. The van der Waals surface area contributed by atoms with Crippen LogP contribution in [0.2, 0.25) is 0 Å². The molecule has 3 rings (SSSR count). The minimum absolute atomic E-state index is 0.142. The Morgan fingerprint density at radius 1 is 1.24 bits per heavy atom. The van der Waals surface area contributed by atoms with Crippen molar-refractivity contribution in [2.24, 2.45) is 0 Å². The fourth-order valence-electron chi connectivity index (χ4n) is 2.78. The highest BCUT2D eigenvalue weighted by atomic mass is 16.1. The van der Waals surface area contributed by atoms with E-state index in [0.29, 0.717) is 11.4 Å². The maximum absolute atomic E-state index is 12.3. The second-order valence-corrected chi connectivity index (χ2v) is 5.42. The number of hydrogen-bond acceptors (Lipinski definition) is 3. The normalized spacial score (nSPS) is 13.0. The van der Waals surface area contributed by atoms with E-state index in [2.05, 4.69) is 22.4 Å². The molecule has 1 heterocycles. The fraction of sp³-hybridized carbons (Fsp3) is 0.294. The van der Waals surface area contributed by atoms with Crippen LogP contribution in [0.25, 0.3) is 0 Å². The molecule has 0 bridgehead atoms. The van der Waals surface area contributed by atoms with Crippen LogP contribution >= 0.6 is 0 Å². The maximum atomic E-state index is 12.3. The first-order valence-corrected chi connectivity index (χ1v) is 7.35. The van der Waals surface area contributed by atoms with Gasteiger partial charge in [-0.15, -0.1) is 0 Å². The number of amides is 1. The average molecular weight is 281 g/mol. The number of benzene rings is 1. The number of hydrogen-bond donors (Lipinski definition) is 2. The van der Waals surface area contributed by atoms with Gasteiger partial charge in [-0.1, -0.05) is 13.0 Å². The smallest absolute Gasteiger partial charge is 0.255 e. The first-order chi connectivity index (χ1) is 10.2. The monoisotopic (exact) mass is 281 g/mol. The number of nitrogens with one attached hydrogen (secondary N) is 1. The van der Waals surface area contributed by atoms with Crippen molar-refractivity contribution in [3.05, 3.63) is 52.7 Å². The summed E-state index contributed by atoms with van der Waals surface area (Å²) in [7, 11) is 0. The van der Waals surface area contributed by atoms with Crippen LogP contribution in [0.15, 0.2) is 30.3 Å². The van der Waals surface area contributed by atoms with E-state index < -0.39 is 0 Å². The Bertz CT molecular complexity index is 694. The Balaban J connectivity index is 1.81. The number of rotatable bonds is 3. The van der Waals surface area contributed by atoms with Crippen LogP contribution in [-0.4, -0.2) is 10.9 Å². The summed E-state index contributed by atoms with van der Waals surface area (Å²) in [5, 5.41) is 2.94. The number of aromatic nitrogens is 1. The molecule has 1 aromatic carbocycles. The van der Waals surface area contributed by atoms with Gasteiger partial charge in [0.15, 0.2) is 0 Å². The van der Waals surface area contributed by atoms with Gasteiger partial charge in [0, 0.05) is 16.9 Å². The third-order valence-corrected chi connectivity index (χ3v) is 3.88. The summed E-state index contributed by atoms with van der Waals surface area (Å²) in [4.78, 5) is 16.5. The minimum Gasteiger partial charge on any atom is -0.384 e. The lowest BCUT2D eigenvalue weighted by molar-refractivity contribution is 0.102. The highest BCUT2D eigenvalue weighted by Gasteiger charge is 2.13. The van der Waals surface area contributed by atoms with Crippen LogP contribution < -0.4 is 11.1 Å². The van der Waals surface area contributed by atoms with Crippen LogP contribution in [-0.2, 0) is 19.3 Å². The number of nitrogens with two attached hydrogens (primary N) is 1. The molecule has 3 N–H and O–H groups in total. The standard InChI is InChI=1S/C17H19N3O/c1-2-14-9-13(10-16(18)19-14)17(21)20-15-7-6-11-4-3-5-12(11)8-15/h6-10H,2-5H2,1H3,(H2,18,19)(H,20,21). The number of carbonyl (C=O) groups is 1. The molecule has 0 saturated carbocycles. The second kappa shape index (κ2) is 5.56. The Hall–Kier alpha value is -2.36. The molecule has 1 aliphatic rings. The molecule has 21 heavy (non-hydrogen) atoms. The van der Waals surface area contributed by atoms with Gasteiger partial charge in [0.25, 0.3) is 5.91 Å². The lowest BCUT2D eigenvalue weighted by atomic mass is 10.1. The number of carbonyl (C=O) groups excluding carboxylic acids is 1. The van der Waals surface area contributed by atoms with Crippen LogP contribution in [0.1, 0.15) is 40.5 Å². The van der Waals surface area contributed by atoms with E-state index in [0.717, 1.165) is 30.6 Å². The van der Waals surface area contributed by atoms with E-state index in [1.807, 2.05) is 13.0 Å². The molecule has 0 fully saturated rings. The topological polar surface area (TPSA) is 68.0 Å². The summed E-state index contributed by atoms with van der Waals surface area (Å²) in [6.07, 6.45) is 4.20. The zero-order valence-corrected chi connectivity index (χ0v) is 12.1. The lowest BCUT2D eigenvalue weighted by Gasteiger charge is -2.09. The molecular formula is C17H19N3O. The van der Waals surface area contributed by atoms with E-state index in [9.17, 15) is 4.79 Å². The van der Waals surface area contributed by atoms with Crippen molar-refractivity contribution in [2.45, 2.75) is 32.6 Å². The van der Waals surface area contributed by atoms with Gasteiger partial charge in [0.05, 0.1) is 0 Å². The molecule has 0 unspecified atom stereocenters. The summed E-state index contributed by atoms with van der Waals surface area (Å²) in [5.41, 5.74) is 10.7. The molecular weight excluding hydrogens is 262 g/mol. The van der Waals surface area contributed by atoms with Crippen LogP contribution in [0.5, 0.6) is 0 Å². The maximum Gasteiger partial charge on any atom is 0.255 e. The largest absolute Gasteiger partial charge is 0.384 e. The summed E-state index contributed by atoms with van der Waals surface area (Å²) in [6.45, 7) is 1.99. The summed E-state index contributed by atoms with van der Waals surface area (Å²) in [5.74, 6) is 0.241. The van der Waals surface area contributed by atoms with Gasteiger partial charge in [-0.2, -0.15) is 0 Å². The van der Waals surface area contributed by atoms with Gasteiger partial charge in [-0.3, -0.25) is 4.79 Å². The quantitative estimate of drug-likeness (QED) is 0.908. The van der Waals surface area contributed by atoms with Gasteiger partial charge in [-0.25, -0.2) is 4.98 Å². The van der Waals surface area contributed by atoms with Gasteiger partial charge in [-0.05, 0) is 61.1 Å². The van der Waals surface area contributed by atoms with E-state index >= 15 is 0 Å². The van der Waals surface area contributed by atoms with Crippen molar-refractivity contribution in [2.75, 3.05) is 11.1 Å². The molecule has 4 heteroatoms. The first kappa shape index (κ1) is 13.6. The van der Waals surface area contributed by atoms with Crippen molar-refractivity contribution < 1.29 is 4.79 Å². The molecule has 0 aliphatic heterocycles. The van der Waals surface area contributed by atoms with Crippen LogP contribution in [0.4, 0.5) is 11.5 Å². The molecule has 1 aliphatic carbocycles. The third kappa shape index (κ3) is 2.89. The minimum atomic E-state index is -0.142. The molecule has 0 radical (unpaired) electrons. The molecule has 1 amide bonds. The Labute approximate surface area is 124 Å². The average Bonchev–Trinajstić information content (AvgIpc) is 2.94. The predicted molar refractivity (Wildman–Crippen MR) is 84.4 cm³/mol. The SMILES string of the molecule is CCc1cc(C(=O)Nc2ccc3c(c2)CCC3)cc(N)n1. The first-order valence-electron chi connectivity index (χ1n) is 7.35. The van der Waals surface area contributed by atoms with E-state index in [1.165, 1.54) is 17.5 Å². The number of aryl methyl sites for hydroxylation is 3. The zero-order chi connectivity index (χ0) is 14.8. The van der Waals surface area contributed by atoms with Crippen molar-refractivity contribution >= 4 is 17.4 Å². The van der Waals surface area contributed by atoms with Gasteiger partial charge < -0.3 is 11.1 Å². The molecule has 108 valence electrons. The lowest BCUT2D eigenvalue weighted by Crippen LogP contribution is -2.13. The second-order valence-electron chi connectivity index (χ2n) is 5.42. The number of nitrogens with zero attached hydrogens (tertiary/aromatic N) is 1. The Morgan fingerprint density at radius 3 is 2.86 bits per heavy atom. The van der Waals surface area contributed by atoms with Crippen LogP contribution in [0.3, 0.4) is 0 Å². The number of fused-ring (bicyclic) bond motifs is 1. The van der Waals surface area contributed by atoms with Crippen molar-refractivity contribution in [1.82, 2.24) is 4.98 Å². The predicted octanol–water partition coefficient (Wildman–Crippen LogP) is 2.97. The van der Waals surface area contributed by atoms with E-state index in [4.69, 9.17) is 5.73 Å². The van der Waals surface area contributed by atoms with Crippen molar-refractivity contribution in [3.8, 4) is 0 Å². The summed E-state index contributed by atoms with van der Waals surface area (Å²) < 4.78 is 0. The van der Waals surface area contributed by atoms with Crippen molar-refractivity contribution in [3.63, 3.8) is 0 Å². The van der Waals surface area contributed by atoms with Gasteiger partial charge >= 0.3 is 0 Å². The Morgan fingerprint density at radius 2 is 2.05 bits per heavy atom. The highest BCUT2D eigenvalue weighted by Crippen LogP contribution is 2.25. The summed E-state index contributed by atoms with van der Waals surface area (Å²) in [6, 6.07) is 9.55.